The molecule has 0 spiro atoms. The van der Waals surface area contributed by atoms with Gasteiger partial charge in [-0.3, -0.25) is 9.58 Å². The average molecular weight is 443 g/mol. The summed E-state index contributed by atoms with van der Waals surface area (Å²) in [6, 6.07) is 3.78. The van der Waals surface area contributed by atoms with Gasteiger partial charge in [-0.15, -0.1) is 0 Å². The number of nitrogens with zero attached hydrogens (tertiary/aromatic N) is 3. The Balaban J connectivity index is 1.55. The highest BCUT2D eigenvalue weighted by Gasteiger charge is 2.34. The van der Waals surface area contributed by atoms with Crippen LogP contribution in [0.3, 0.4) is 0 Å². The second-order valence-corrected chi connectivity index (χ2v) is 9.12. The zero-order chi connectivity index (χ0) is 22.2. The van der Waals surface area contributed by atoms with Gasteiger partial charge in [-0.05, 0) is 64.1 Å². The van der Waals surface area contributed by atoms with Crippen LogP contribution in [0.4, 0.5) is 14.9 Å². The van der Waals surface area contributed by atoms with Crippen LogP contribution in [0, 0.1) is 0 Å². The van der Waals surface area contributed by atoms with Crippen molar-refractivity contribution in [2.75, 3.05) is 25.1 Å². The van der Waals surface area contributed by atoms with E-state index in [1.807, 2.05) is 25.3 Å². The van der Waals surface area contributed by atoms with Gasteiger partial charge in [0.25, 0.3) is 0 Å². The normalized spacial score (nSPS) is 25.7. The molecule has 1 amide bonds. The zero-order valence-corrected chi connectivity index (χ0v) is 18.7. The van der Waals surface area contributed by atoms with Crippen LogP contribution in [0.25, 0.3) is 11.1 Å². The number of carbonyl (C=O) groups is 1. The molecule has 5 rings (SSSR count). The average Bonchev–Trinajstić information content (AvgIpc) is 3.25. The summed E-state index contributed by atoms with van der Waals surface area (Å²) in [4.78, 5) is 14.2. The molecule has 1 saturated carbocycles. The number of alkyl halides is 1. The number of anilines is 1. The number of amides is 1. The van der Waals surface area contributed by atoms with Crippen molar-refractivity contribution in [2.45, 2.75) is 69.8 Å². The number of halogens is 1. The first-order valence-electron chi connectivity index (χ1n) is 11.7. The molecule has 1 aromatic carbocycles. The van der Waals surface area contributed by atoms with Gasteiger partial charge in [0.15, 0.2) is 0 Å². The standard InChI is InChI=1S/C24H31FN4O3/c1-15-6-7-19-21(29(15)24(30)31-2)9-8-18(23(19)32-17-4-3-5-17)16-12-27-28(14-16)22-10-11-26-13-20(22)25/h8-9,12,14-15,17,20,22,26H,3-7,10-11,13H2,1-2H3/t15-,20+,22-/m0/s1. The Morgan fingerprint density at radius 1 is 1.25 bits per heavy atom. The summed E-state index contributed by atoms with van der Waals surface area (Å²) in [5.74, 6) is 0.828. The predicted octanol–water partition coefficient (Wildman–Crippen LogP) is 4.26. The van der Waals surface area contributed by atoms with E-state index in [9.17, 15) is 9.18 Å². The number of hydrogen-bond acceptors (Lipinski definition) is 5. The smallest absolute Gasteiger partial charge is 0.414 e. The van der Waals surface area contributed by atoms with Crippen LogP contribution in [0.1, 0.15) is 50.6 Å². The minimum atomic E-state index is -0.958. The van der Waals surface area contributed by atoms with Gasteiger partial charge in [0.1, 0.15) is 11.9 Å². The van der Waals surface area contributed by atoms with Crippen molar-refractivity contribution in [1.82, 2.24) is 15.1 Å². The number of piperidine rings is 1. The number of carbonyl (C=O) groups excluding carboxylic acids is 1. The molecule has 172 valence electrons. The van der Waals surface area contributed by atoms with Crippen molar-refractivity contribution in [3.8, 4) is 16.9 Å². The minimum Gasteiger partial charge on any atom is -0.489 e. The van der Waals surface area contributed by atoms with Crippen LogP contribution >= 0.6 is 0 Å². The van der Waals surface area contributed by atoms with Gasteiger partial charge in [-0.25, -0.2) is 9.18 Å². The molecule has 0 bridgehead atoms. The first-order chi connectivity index (χ1) is 15.6. The molecule has 2 fully saturated rings. The monoisotopic (exact) mass is 442 g/mol. The van der Waals surface area contributed by atoms with E-state index >= 15 is 0 Å². The van der Waals surface area contributed by atoms with Crippen molar-refractivity contribution >= 4 is 11.8 Å². The summed E-state index contributed by atoms with van der Waals surface area (Å²) in [7, 11) is 1.41. The van der Waals surface area contributed by atoms with Crippen LogP contribution in [-0.2, 0) is 11.2 Å². The number of benzene rings is 1. The highest BCUT2D eigenvalue weighted by molar-refractivity contribution is 5.92. The van der Waals surface area contributed by atoms with E-state index in [-0.39, 0.29) is 24.3 Å². The maximum atomic E-state index is 14.5. The highest BCUT2D eigenvalue weighted by Crippen LogP contribution is 2.45. The fourth-order valence-electron chi connectivity index (χ4n) is 4.96. The summed E-state index contributed by atoms with van der Waals surface area (Å²) in [6.45, 7) is 3.18. The molecular formula is C24H31FN4O3. The third-order valence-electron chi connectivity index (χ3n) is 7.08. The lowest BCUT2D eigenvalue weighted by molar-refractivity contribution is 0.119. The number of nitrogens with one attached hydrogen (secondary N) is 1. The molecule has 32 heavy (non-hydrogen) atoms. The summed E-state index contributed by atoms with van der Waals surface area (Å²) in [5.41, 5.74) is 3.75. The fourth-order valence-corrected chi connectivity index (χ4v) is 4.96. The number of fused-ring (bicyclic) bond motifs is 1. The number of methoxy groups -OCH3 is 1. The first-order valence-corrected chi connectivity index (χ1v) is 11.7. The molecule has 2 aliphatic heterocycles. The van der Waals surface area contributed by atoms with E-state index < -0.39 is 6.17 Å². The molecule has 3 aliphatic rings. The summed E-state index contributed by atoms with van der Waals surface area (Å²) >= 11 is 0. The van der Waals surface area contributed by atoms with Crippen molar-refractivity contribution in [1.29, 1.82) is 0 Å². The quantitative estimate of drug-likeness (QED) is 0.766. The molecule has 7 nitrogen and oxygen atoms in total. The van der Waals surface area contributed by atoms with Crippen LogP contribution in [0.15, 0.2) is 24.5 Å². The molecular weight excluding hydrogens is 411 g/mol. The molecule has 0 unspecified atom stereocenters. The predicted molar refractivity (Wildman–Crippen MR) is 120 cm³/mol. The van der Waals surface area contributed by atoms with Crippen LogP contribution < -0.4 is 15.0 Å². The lowest BCUT2D eigenvalue weighted by atomic mass is 9.91. The Morgan fingerprint density at radius 3 is 2.81 bits per heavy atom. The van der Waals surface area contributed by atoms with Crippen molar-refractivity contribution in [2.24, 2.45) is 0 Å². The first kappa shape index (κ1) is 21.2. The van der Waals surface area contributed by atoms with Gasteiger partial charge in [-0.1, -0.05) is 0 Å². The molecule has 1 aromatic heterocycles. The molecule has 0 radical (unpaired) electrons. The minimum absolute atomic E-state index is 0.0569. The van der Waals surface area contributed by atoms with E-state index in [1.165, 1.54) is 13.5 Å². The topological polar surface area (TPSA) is 68.6 Å². The Kier molecular flexibility index (Phi) is 5.80. The van der Waals surface area contributed by atoms with Crippen LogP contribution in [-0.4, -0.2) is 54.4 Å². The zero-order valence-electron chi connectivity index (χ0n) is 18.7. The van der Waals surface area contributed by atoms with Gasteiger partial charge < -0.3 is 14.8 Å². The highest BCUT2D eigenvalue weighted by atomic mass is 19.1. The van der Waals surface area contributed by atoms with Crippen LogP contribution in [0.2, 0.25) is 0 Å². The van der Waals surface area contributed by atoms with Gasteiger partial charge in [0.05, 0.1) is 31.1 Å². The SMILES string of the molecule is COC(=O)N1c2ccc(-c3cnn([C@H]4CCNC[C@H]4F)c3)c(OC3CCC3)c2CC[C@@H]1C. The molecule has 1 aliphatic carbocycles. The van der Waals surface area contributed by atoms with E-state index in [0.29, 0.717) is 13.0 Å². The fraction of sp³-hybridized carbons (Fsp3) is 0.583. The summed E-state index contributed by atoms with van der Waals surface area (Å²) < 4.78 is 27.8. The van der Waals surface area contributed by atoms with Crippen molar-refractivity contribution in [3.05, 3.63) is 30.1 Å². The molecule has 1 N–H and O–H groups in total. The Labute approximate surface area is 187 Å². The number of hydrogen-bond donors (Lipinski definition) is 1. The molecule has 8 heteroatoms. The lowest BCUT2D eigenvalue weighted by Crippen LogP contribution is -2.42. The lowest BCUT2D eigenvalue weighted by Gasteiger charge is -2.37. The number of rotatable bonds is 4. The van der Waals surface area contributed by atoms with Crippen LogP contribution in [0.5, 0.6) is 5.75 Å². The third kappa shape index (κ3) is 3.74. The Morgan fingerprint density at radius 2 is 2.09 bits per heavy atom. The van der Waals surface area contributed by atoms with E-state index in [2.05, 4.69) is 10.4 Å². The van der Waals surface area contributed by atoms with Crippen molar-refractivity contribution in [3.63, 3.8) is 0 Å². The third-order valence-corrected chi connectivity index (χ3v) is 7.08. The molecule has 1 saturated heterocycles. The maximum Gasteiger partial charge on any atom is 0.414 e. The number of ether oxygens (including phenoxy) is 2. The Hall–Kier alpha value is -2.61. The Bertz CT molecular complexity index is 990. The van der Waals surface area contributed by atoms with Gasteiger partial charge in [-0.2, -0.15) is 5.10 Å². The molecule has 3 atom stereocenters. The van der Waals surface area contributed by atoms with Gasteiger partial charge >= 0.3 is 6.09 Å². The second kappa shape index (κ2) is 8.73. The maximum absolute atomic E-state index is 14.5. The van der Waals surface area contributed by atoms with Gasteiger partial charge in [0, 0.05) is 35.5 Å². The van der Waals surface area contributed by atoms with E-state index in [0.717, 1.165) is 60.4 Å². The molecule has 3 heterocycles. The van der Waals surface area contributed by atoms with Crippen molar-refractivity contribution < 1.29 is 18.7 Å². The number of aromatic nitrogens is 2. The summed E-state index contributed by atoms with van der Waals surface area (Å²) in [6.07, 6.45) is 8.25. The second-order valence-electron chi connectivity index (χ2n) is 9.12. The largest absolute Gasteiger partial charge is 0.489 e. The van der Waals surface area contributed by atoms with Gasteiger partial charge in [0.2, 0.25) is 0 Å². The van der Waals surface area contributed by atoms with E-state index in [4.69, 9.17) is 9.47 Å². The summed E-state index contributed by atoms with van der Waals surface area (Å²) in [5, 5.41) is 7.60. The van der Waals surface area contributed by atoms with E-state index in [1.54, 1.807) is 15.8 Å². The molecule has 2 aromatic rings.